The third-order valence-electron chi connectivity index (χ3n) is 15.2. The number of nitrogens with zero attached hydrogens (tertiary/aromatic N) is 2. The van der Waals surface area contributed by atoms with Gasteiger partial charge < -0.3 is 9.07 Å². The van der Waals surface area contributed by atoms with Crippen LogP contribution >= 0.6 is 0 Å². The second-order valence-electron chi connectivity index (χ2n) is 20.1. The van der Waals surface area contributed by atoms with E-state index in [-0.39, 0.29) is 11.0 Å². The maximum absolute atomic E-state index is 6.64. The van der Waals surface area contributed by atoms with E-state index in [0.717, 1.165) is 77.8 Å². The number of imidazole rings is 1. The fraction of sp³-hybridized carbons (Fsp3) is 0.127. The first-order chi connectivity index (χ1) is 33.1. The summed E-state index contributed by atoms with van der Waals surface area (Å²) in [7, 11) is 1.97. The van der Waals surface area contributed by atoms with Crippen molar-refractivity contribution in [2.24, 2.45) is 5.41 Å². The van der Waals surface area contributed by atoms with Gasteiger partial charge >= 0.3 is 7.48 Å². The van der Waals surface area contributed by atoms with Gasteiger partial charge in [0.1, 0.15) is 17.0 Å². The smallest absolute Gasteiger partial charge is 0.330 e. The quantitative estimate of drug-likeness (QED) is 0.150. The van der Waals surface area contributed by atoms with E-state index < -0.39 is 5.41 Å². The Kier molecular flexibility index (Phi) is 8.88. The van der Waals surface area contributed by atoms with Gasteiger partial charge in [0.05, 0.1) is 22.0 Å². The van der Waals surface area contributed by atoms with Crippen LogP contribution in [0.3, 0.4) is 0 Å². The molecule has 2 aromatic heterocycles. The normalized spacial score (nSPS) is 13.5. The first-order valence-corrected chi connectivity index (χ1v) is 23.7. The predicted molar refractivity (Wildman–Crippen MR) is 281 cm³/mol. The highest BCUT2D eigenvalue weighted by Gasteiger charge is 2.52. The molecule has 2 aliphatic carbocycles. The molecular weight excluding hydrogens is 828 g/mol. The van der Waals surface area contributed by atoms with Gasteiger partial charge in [-0.25, -0.2) is 4.98 Å². The lowest BCUT2D eigenvalue weighted by atomic mass is 9.69. The summed E-state index contributed by atoms with van der Waals surface area (Å²) >= 11 is 0. The predicted octanol–water partition coefficient (Wildman–Crippen LogP) is 15.4. The van der Waals surface area contributed by atoms with Crippen molar-refractivity contribution in [1.29, 1.82) is 0 Å². The number of fused-ring (bicyclic) bond motifs is 14. The van der Waals surface area contributed by atoms with Crippen LogP contribution in [0.2, 0.25) is 0 Å². The van der Waals surface area contributed by atoms with Gasteiger partial charge in [0.25, 0.3) is 0 Å². The van der Waals surface area contributed by atoms with Crippen molar-refractivity contribution in [3.05, 3.63) is 222 Å². The number of rotatable bonds is 7. The van der Waals surface area contributed by atoms with Gasteiger partial charge in [0.15, 0.2) is 0 Å². The van der Waals surface area contributed by atoms with Crippen LogP contribution in [-0.4, -0.2) is 22.6 Å². The number of furan rings is 1. The molecule has 1 radical (unpaired) electrons. The maximum Gasteiger partial charge on any atom is 0.330 e. The topological polar surface area (TPSA) is 40.2 Å². The summed E-state index contributed by atoms with van der Waals surface area (Å²) in [6, 6.07) is 73.0. The summed E-state index contributed by atoms with van der Waals surface area (Å²) < 4.78 is 15.3. The molecule has 1 spiro atoms. The summed E-state index contributed by atoms with van der Waals surface area (Å²) in [6.07, 6.45) is 0. The van der Waals surface area contributed by atoms with Crippen LogP contribution in [0.15, 0.2) is 205 Å². The van der Waals surface area contributed by atoms with Crippen molar-refractivity contribution in [2.75, 3.05) is 0 Å². The first-order valence-electron chi connectivity index (χ1n) is 23.7. The number of para-hydroxylation sites is 4. The molecule has 68 heavy (non-hydrogen) atoms. The Morgan fingerprint density at radius 2 is 1.04 bits per heavy atom. The highest BCUT2D eigenvalue weighted by molar-refractivity contribution is 6.47. The third-order valence-corrected chi connectivity index (χ3v) is 15.2. The summed E-state index contributed by atoms with van der Waals surface area (Å²) in [4.78, 5) is 5.39. The molecule has 0 amide bonds. The van der Waals surface area contributed by atoms with E-state index in [1.54, 1.807) is 0 Å². The highest BCUT2D eigenvalue weighted by atomic mass is 16.5. The molecule has 0 N–H and O–H groups in total. The Hall–Kier alpha value is -7.73. The Morgan fingerprint density at radius 1 is 0.471 bits per heavy atom. The van der Waals surface area contributed by atoms with Crippen molar-refractivity contribution in [3.8, 4) is 61.6 Å². The van der Waals surface area contributed by atoms with Gasteiger partial charge in [-0.15, -0.1) is 0 Å². The van der Waals surface area contributed by atoms with Crippen LogP contribution in [0.5, 0.6) is 0 Å². The number of aromatic nitrogens is 2. The Balaban J connectivity index is 1.04. The molecule has 0 saturated carbocycles. The molecule has 0 aliphatic heterocycles. The van der Waals surface area contributed by atoms with Crippen molar-refractivity contribution < 1.29 is 9.07 Å². The monoisotopic (exact) mass is 875 g/mol. The molecule has 0 bridgehead atoms. The third kappa shape index (κ3) is 6.01. The molecule has 0 saturated heterocycles. The molecule has 0 unspecified atom stereocenters. The van der Waals surface area contributed by atoms with Crippen molar-refractivity contribution in [2.45, 2.75) is 45.6 Å². The summed E-state index contributed by atoms with van der Waals surface area (Å²) in [5, 5.41) is 2.21. The fourth-order valence-electron chi connectivity index (χ4n) is 10.9. The molecule has 13 rings (SSSR count). The van der Waals surface area contributed by atoms with E-state index in [1.165, 1.54) is 44.5 Å². The van der Waals surface area contributed by atoms with E-state index in [9.17, 15) is 0 Å². The lowest BCUT2D eigenvalue weighted by molar-refractivity contribution is 0.00504. The van der Waals surface area contributed by atoms with E-state index in [2.05, 4.69) is 227 Å². The summed E-state index contributed by atoms with van der Waals surface area (Å²) in [5.74, 6) is 0.889. The SMILES string of the molecule is CC(C)(C)C(C)(C)O[B]c1ccc2c(c1)C1(c3ccccc3-c3ccccc31)c1cc(-c3cc(-c4ccc5oc6ccccc6c5c4)cc(-c4nc5ccccc5n4-c4ccccc4)c3)ccc1-2. The Labute approximate surface area is 397 Å². The lowest BCUT2D eigenvalue weighted by Crippen LogP contribution is -2.42. The van der Waals surface area contributed by atoms with E-state index >= 15 is 0 Å². The summed E-state index contributed by atoms with van der Waals surface area (Å²) in [5.41, 5.74) is 20.6. The minimum Gasteiger partial charge on any atom is -0.456 e. The van der Waals surface area contributed by atoms with E-state index in [4.69, 9.17) is 14.1 Å². The number of hydrogen-bond donors (Lipinski definition) is 0. The van der Waals surface area contributed by atoms with Gasteiger partial charge in [0, 0.05) is 22.0 Å². The van der Waals surface area contributed by atoms with E-state index in [1.807, 2.05) is 19.6 Å². The van der Waals surface area contributed by atoms with Crippen LogP contribution in [0, 0.1) is 5.41 Å². The van der Waals surface area contributed by atoms with Crippen LogP contribution in [0.25, 0.3) is 94.6 Å². The van der Waals surface area contributed by atoms with Gasteiger partial charge in [0.2, 0.25) is 0 Å². The number of hydrogen-bond acceptors (Lipinski definition) is 3. The molecular formula is C63H48BN2O2. The van der Waals surface area contributed by atoms with Crippen LogP contribution in [-0.2, 0) is 10.1 Å². The molecule has 9 aromatic carbocycles. The molecule has 5 heteroatoms. The number of benzene rings is 9. The van der Waals surface area contributed by atoms with Crippen LogP contribution < -0.4 is 5.46 Å². The van der Waals surface area contributed by atoms with Gasteiger partial charge in [-0.05, 0) is 153 Å². The second kappa shape index (κ2) is 14.9. The fourth-order valence-corrected chi connectivity index (χ4v) is 10.9. The van der Waals surface area contributed by atoms with Crippen molar-refractivity contribution in [1.82, 2.24) is 9.55 Å². The van der Waals surface area contributed by atoms with Crippen molar-refractivity contribution >= 4 is 45.9 Å². The van der Waals surface area contributed by atoms with Crippen molar-refractivity contribution in [3.63, 3.8) is 0 Å². The largest absolute Gasteiger partial charge is 0.456 e. The molecule has 4 nitrogen and oxygen atoms in total. The van der Waals surface area contributed by atoms with E-state index in [0.29, 0.717) is 0 Å². The van der Waals surface area contributed by atoms with Gasteiger partial charge in [-0.2, -0.15) is 0 Å². The van der Waals surface area contributed by atoms with Gasteiger partial charge in [-0.1, -0.05) is 160 Å². The zero-order chi connectivity index (χ0) is 45.9. The molecule has 0 atom stereocenters. The summed E-state index contributed by atoms with van der Waals surface area (Å²) in [6.45, 7) is 11.1. The standard InChI is InChI=1S/C63H48BN2O2/c1-61(2,3)62(4,5)68-64-44-29-31-49-48-30-27-40(37-54(48)63(55(49)38-44)52-22-12-9-19-46(52)47-20-10-13-23-53(47)63)42-33-41(39-28-32-59-51(36-39)50-21-11-16-26-58(50)67-59)34-43(35-42)60-65-56-24-14-15-25-57(56)66(60)45-17-7-6-8-18-45/h6-38H,1-5H3. The molecule has 2 heterocycles. The average molecular weight is 876 g/mol. The minimum atomic E-state index is -0.549. The van der Waals surface area contributed by atoms with Gasteiger partial charge in [-0.3, -0.25) is 4.57 Å². The zero-order valence-electron chi connectivity index (χ0n) is 38.8. The first kappa shape index (κ1) is 40.5. The van der Waals surface area contributed by atoms with Crippen LogP contribution in [0.4, 0.5) is 0 Å². The molecule has 2 aliphatic rings. The van der Waals surface area contributed by atoms with Crippen LogP contribution in [0.1, 0.15) is 56.9 Å². The highest BCUT2D eigenvalue weighted by Crippen LogP contribution is 2.63. The zero-order valence-corrected chi connectivity index (χ0v) is 38.8. The molecule has 11 aromatic rings. The Bertz CT molecular complexity index is 3790. The Morgan fingerprint density at radius 3 is 1.79 bits per heavy atom. The molecule has 0 fully saturated rings. The average Bonchev–Trinajstić information content (AvgIpc) is 4.10. The minimum absolute atomic E-state index is 0.0524. The lowest BCUT2D eigenvalue weighted by Gasteiger charge is -2.39. The molecule has 325 valence electrons. The second-order valence-corrected chi connectivity index (χ2v) is 20.1. The maximum atomic E-state index is 6.64.